The Hall–Kier alpha value is -1.35. The Morgan fingerprint density at radius 2 is 1.93 bits per heavy atom. The molecule has 3 rings (SSSR count). The molecule has 158 valence electrons. The van der Waals surface area contributed by atoms with Crippen LogP contribution < -0.4 is 15.4 Å². The Kier molecular flexibility index (Phi) is 7.73. The molecule has 28 heavy (non-hydrogen) atoms. The van der Waals surface area contributed by atoms with E-state index < -0.39 is 10.0 Å². The van der Waals surface area contributed by atoms with Gasteiger partial charge < -0.3 is 15.4 Å². The smallest absolute Gasteiger partial charge is 0.251 e. The number of methoxy groups -OCH3 is 1. The van der Waals surface area contributed by atoms with Crippen LogP contribution in [-0.2, 0) is 10.0 Å². The molecule has 7 nitrogen and oxygen atoms in total. The van der Waals surface area contributed by atoms with Crippen LogP contribution in [0.15, 0.2) is 23.1 Å². The van der Waals surface area contributed by atoms with Crippen molar-refractivity contribution >= 4 is 28.3 Å². The van der Waals surface area contributed by atoms with Gasteiger partial charge in [-0.2, -0.15) is 4.31 Å². The monoisotopic (exact) mass is 431 g/mol. The highest BCUT2D eigenvalue weighted by atomic mass is 35.5. The molecule has 2 aliphatic rings. The molecular formula is C19H30ClN3O4S. The Balaban J connectivity index is 0.00000280. The van der Waals surface area contributed by atoms with Gasteiger partial charge >= 0.3 is 0 Å². The van der Waals surface area contributed by atoms with Crippen LogP contribution in [0.25, 0.3) is 0 Å². The molecular weight excluding hydrogens is 402 g/mol. The molecule has 0 radical (unpaired) electrons. The molecule has 2 fully saturated rings. The van der Waals surface area contributed by atoms with E-state index in [1.54, 1.807) is 12.1 Å². The van der Waals surface area contributed by atoms with Crippen LogP contribution in [0.4, 0.5) is 0 Å². The molecule has 0 saturated carbocycles. The summed E-state index contributed by atoms with van der Waals surface area (Å²) in [5, 5.41) is 6.15. The number of halogens is 1. The normalized spacial score (nSPS) is 25.8. The van der Waals surface area contributed by atoms with E-state index in [1.165, 1.54) is 17.5 Å². The first-order chi connectivity index (χ1) is 12.8. The number of sulfonamides is 1. The summed E-state index contributed by atoms with van der Waals surface area (Å²) in [5.41, 5.74) is 0.333. The average Bonchev–Trinajstić information content (AvgIpc) is 3.13. The summed E-state index contributed by atoms with van der Waals surface area (Å²) in [6, 6.07) is 4.68. The predicted molar refractivity (Wildman–Crippen MR) is 111 cm³/mol. The van der Waals surface area contributed by atoms with Crippen LogP contribution >= 0.6 is 12.4 Å². The second-order valence-electron chi connectivity index (χ2n) is 7.80. The number of rotatable bonds is 5. The van der Waals surface area contributed by atoms with Gasteiger partial charge in [-0.15, -0.1) is 12.4 Å². The van der Waals surface area contributed by atoms with E-state index in [-0.39, 0.29) is 35.0 Å². The van der Waals surface area contributed by atoms with Gasteiger partial charge in [-0.05, 0) is 49.4 Å². The van der Waals surface area contributed by atoms with Crippen molar-refractivity contribution in [3.63, 3.8) is 0 Å². The van der Waals surface area contributed by atoms with Crippen molar-refractivity contribution in [2.45, 2.75) is 37.6 Å². The van der Waals surface area contributed by atoms with Gasteiger partial charge in [0.1, 0.15) is 10.6 Å². The third kappa shape index (κ3) is 4.97. The first-order valence-corrected chi connectivity index (χ1v) is 10.9. The Morgan fingerprint density at radius 1 is 1.25 bits per heavy atom. The molecule has 0 bridgehead atoms. The third-order valence-electron chi connectivity index (χ3n) is 5.27. The largest absolute Gasteiger partial charge is 0.495 e. The maximum Gasteiger partial charge on any atom is 0.251 e. The van der Waals surface area contributed by atoms with Gasteiger partial charge in [-0.1, -0.05) is 13.8 Å². The number of nitrogens with zero attached hydrogens (tertiary/aromatic N) is 1. The number of carbonyl (C=O) groups excluding carboxylic acids is 1. The molecule has 2 heterocycles. The fourth-order valence-electron chi connectivity index (χ4n) is 4.01. The van der Waals surface area contributed by atoms with Crippen LogP contribution in [-0.4, -0.2) is 58.0 Å². The molecule has 1 aromatic rings. The first kappa shape index (κ1) is 22.9. The minimum Gasteiger partial charge on any atom is -0.495 e. The Morgan fingerprint density at radius 3 is 2.50 bits per heavy atom. The fraction of sp³-hybridized carbons (Fsp3) is 0.632. The standard InChI is InChI=1S/C19H29N3O4S.ClH/c1-13-8-14(2)12-22(11-13)27(24,25)18-9-15(4-5-17(18)26-3)19(23)21-16-6-7-20-10-16;/h4-5,9,13-14,16,20H,6-8,10-12H2,1-3H3,(H,21,23);1H. The summed E-state index contributed by atoms with van der Waals surface area (Å²) in [4.78, 5) is 12.6. The van der Waals surface area contributed by atoms with E-state index in [9.17, 15) is 13.2 Å². The maximum absolute atomic E-state index is 13.3. The predicted octanol–water partition coefficient (Wildman–Crippen LogP) is 1.88. The zero-order valence-electron chi connectivity index (χ0n) is 16.6. The maximum atomic E-state index is 13.3. The third-order valence-corrected chi connectivity index (χ3v) is 7.13. The lowest BCUT2D eigenvalue weighted by molar-refractivity contribution is 0.0940. The molecule has 3 atom stereocenters. The van der Waals surface area contributed by atoms with Gasteiger partial charge in [0.15, 0.2) is 0 Å². The van der Waals surface area contributed by atoms with E-state index >= 15 is 0 Å². The lowest BCUT2D eigenvalue weighted by Crippen LogP contribution is -2.42. The number of amides is 1. The number of ether oxygens (including phenoxy) is 1. The van der Waals surface area contributed by atoms with Crippen molar-refractivity contribution in [3.05, 3.63) is 23.8 Å². The first-order valence-electron chi connectivity index (χ1n) is 9.51. The summed E-state index contributed by atoms with van der Waals surface area (Å²) in [5.74, 6) is 0.606. The molecule has 0 aliphatic carbocycles. The van der Waals surface area contributed by atoms with Crippen molar-refractivity contribution in [1.82, 2.24) is 14.9 Å². The van der Waals surface area contributed by atoms with Crippen LogP contribution in [0.5, 0.6) is 5.75 Å². The SMILES string of the molecule is COc1ccc(C(=O)NC2CCNC2)cc1S(=O)(=O)N1CC(C)CC(C)C1.Cl. The zero-order valence-corrected chi connectivity index (χ0v) is 18.2. The highest BCUT2D eigenvalue weighted by molar-refractivity contribution is 7.89. The van der Waals surface area contributed by atoms with E-state index in [1.807, 2.05) is 0 Å². The zero-order chi connectivity index (χ0) is 19.6. The Labute approximate surface area is 173 Å². The molecule has 3 unspecified atom stereocenters. The van der Waals surface area contributed by atoms with Gasteiger partial charge in [-0.25, -0.2) is 8.42 Å². The van der Waals surface area contributed by atoms with Crippen molar-refractivity contribution in [1.29, 1.82) is 0 Å². The highest BCUT2D eigenvalue weighted by Gasteiger charge is 2.34. The van der Waals surface area contributed by atoms with Crippen molar-refractivity contribution in [3.8, 4) is 5.75 Å². The van der Waals surface area contributed by atoms with Crippen LogP contribution in [0.3, 0.4) is 0 Å². The van der Waals surface area contributed by atoms with E-state index in [0.717, 1.165) is 25.9 Å². The average molecular weight is 432 g/mol. The molecule has 0 spiro atoms. The van der Waals surface area contributed by atoms with Gasteiger partial charge in [0, 0.05) is 31.2 Å². The van der Waals surface area contributed by atoms with Crippen molar-refractivity contribution in [2.75, 3.05) is 33.3 Å². The number of nitrogens with one attached hydrogen (secondary N) is 2. The lowest BCUT2D eigenvalue weighted by atomic mass is 9.94. The molecule has 2 saturated heterocycles. The topological polar surface area (TPSA) is 87.7 Å². The lowest BCUT2D eigenvalue weighted by Gasteiger charge is -2.34. The van der Waals surface area contributed by atoms with Crippen LogP contribution in [0.2, 0.25) is 0 Å². The van der Waals surface area contributed by atoms with E-state index in [2.05, 4.69) is 24.5 Å². The number of benzene rings is 1. The van der Waals surface area contributed by atoms with Crippen LogP contribution in [0, 0.1) is 11.8 Å². The van der Waals surface area contributed by atoms with E-state index in [0.29, 0.717) is 30.5 Å². The summed E-state index contributed by atoms with van der Waals surface area (Å²) in [7, 11) is -2.29. The van der Waals surface area contributed by atoms with Crippen LogP contribution in [0.1, 0.15) is 37.0 Å². The van der Waals surface area contributed by atoms with Crippen molar-refractivity contribution < 1.29 is 17.9 Å². The summed E-state index contributed by atoms with van der Waals surface area (Å²) < 4.78 is 33.4. The molecule has 1 amide bonds. The minimum atomic E-state index is -3.74. The molecule has 2 N–H and O–H groups in total. The Bertz CT molecular complexity index is 786. The molecule has 0 aromatic heterocycles. The minimum absolute atomic E-state index is 0. The van der Waals surface area contributed by atoms with Gasteiger partial charge in [0.05, 0.1) is 7.11 Å². The number of hydrogen-bond acceptors (Lipinski definition) is 5. The summed E-state index contributed by atoms with van der Waals surface area (Å²) in [6.45, 7) is 6.71. The summed E-state index contributed by atoms with van der Waals surface area (Å²) in [6.07, 6.45) is 1.89. The van der Waals surface area contributed by atoms with Gasteiger partial charge in [-0.3, -0.25) is 4.79 Å². The number of carbonyl (C=O) groups is 1. The molecule has 9 heteroatoms. The highest BCUT2D eigenvalue weighted by Crippen LogP contribution is 2.32. The second kappa shape index (κ2) is 9.43. The summed E-state index contributed by atoms with van der Waals surface area (Å²) >= 11 is 0. The van der Waals surface area contributed by atoms with E-state index in [4.69, 9.17) is 4.74 Å². The van der Waals surface area contributed by atoms with Gasteiger partial charge in [0.25, 0.3) is 5.91 Å². The van der Waals surface area contributed by atoms with Crippen molar-refractivity contribution in [2.24, 2.45) is 11.8 Å². The molecule has 1 aromatic carbocycles. The van der Waals surface area contributed by atoms with Gasteiger partial charge in [0.2, 0.25) is 10.0 Å². The molecule has 2 aliphatic heterocycles. The fourth-order valence-corrected chi connectivity index (χ4v) is 5.87. The number of hydrogen-bond donors (Lipinski definition) is 2. The quantitative estimate of drug-likeness (QED) is 0.743. The second-order valence-corrected chi connectivity index (χ2v) is 9.70. The number of piperidine rings is 1.